The fourth-order valence-corrected chi connectivity index (χ4v) is 2.46. The first kappa shape index (κ1) is 10.4. The molecule has 2 saturated heterocycles. The SMILES string of the molecule is CCC(C)N1CC[C@@H]2NCCO[C@H]2C1. The van der Waals surface area contributed by atoms with Crippen LogP contribution in [0, 0.1) is 0 Å². The van der Waals surface area contributed by atoms with Gasteiger partial charge in [0, 0.05) is 31.7 Å². The largest absolute Gasteiger partial charge is 0.374 e. The molecule has 0 saturated carbocycles. The van der Waals surface area contributed by atoms with Crippen LogP contribution in [0.1, 0.15) is 26.7 Å². The zero-order valence-electron chi connectivity index (χ0n) is 9.33. The van der Waals surface area contributed by atoms with Gasteiger partial charge in [0.15, 0.2) is 0 Å². The summed E-state index contributed by atoms with van der Waals surface area (Å²) in [6, 6.07) is 1.32. The zero-order valence-corrected chi connectivity index (χ0v) is 9.33. The molecule has 14 heavy (non-hydrogen) atoms. The van der Waals surface area contributed by atoms with Crippen LogP contribution in [-0.2, 0) is 4.74 Å². The van der Waals surface area contributed by atoms with E-state index in [0.717, 1.165) is 19.7 Å². The Bertz CT molecular complexity index is 186. The Labute approximate surface area is 86.8 Å². The molecule has 2 rings (SSSR count). The van der Waals surface area contributed by atoms with Crippen LogP contribution in [0.15, 0.2) is 0 Å². The Balaban J connectivity index is 1.89. The highest BCUT2D eigenvalue weighted by atomic mass is 16.5. The number of fused-ring (bicyclic) bond motifs is 1. The van der Waals surface area contributed by atoms with Crippen molar-refractivity contribution in [1.82, 2.24) is 10.2 Å². The molecule has 0 aromatic carbocycles. The predicted octanol–water partition coefficient (Wildman–Crippen LogP) is 0.848. The number of rotatable bonds is 2. The first-order valence-corrected chi connectivity index (χ1v) is 5.90. The fourth-order valence-electron chi connectivity index (χ4n) is 2.46. The van der Waals surface area contributed by atoms with Crippen LogP contribution >= 0.6 is 0 Å². The molecule has 2 aliphatic heterocycles. The van der Waals surface area contributed by atoms with Crippen molar-refractivity contribution < 1.29 is 4.74 Å². The van der Waals surface area contributed by atoms with Gasteiger partial charge in [0.2, 0.25) is 0 Å². The van der Waals surface area contributed by atoms with E-state index in [1.807, 2.05) is 0 Å². The van der Waals surface area contributed by atoms with Gasteiger partial charge in [-0.3, -0.25) is 4.90 Å². The molecule has 0 bridgehead atoms. The number of hydrogen-bond donors (Lipinski definition) is 1. The standard InChI is InChI=1S/C11H22N2O/c1-3-9(2)13-6-4-10-11(8-13)14-7-5-12-10/h9-12H,3-8H2,1-2H3/t9?,10-,11-/m0/s1. The van der Waals surface area contributed by atoms with E-state index in [4.69, 9.17) is 4.74 Å². The van der Waals surface area contributed by atoms with Crippen molar-refractivity contribution >= 4 is 0 Å². The lowest BCUT2D eigenvalue weighted by molar-refractivity contribution is -0.0550. The van der Waals surface area contributed by atoms with Crippen molar-refractivity contribution in [3.63, 3.8) is 0 Å². The second-order valence-corrected chi connectivity index (χ2v) is 4.51. The third-order valence-corrected chi connectivity index (χ3v) is 3.65. The Morgan fingerprint density at radius 3 is 3.21 bits per heavy atom. The van der Waals surface area contributed by atoms with Gasteiger partial charge in [0.25, 0.3) is 0 Å². The van der Waals surface area contributed by atoms with Crippen molar-refractivity contribution in [1.29, 1.82) is 0 Å². The second-order valence-electron chi connectivity index (χ2n) is 4.51. The number of likely N-dealkylation sites (tertiary alicyclic amines) is 1. The summed E-state index contributed by atoms with van der Waals surface area (Å²) in [7, 11) is 0. The van der Waals surface area contributed by atoms with Gasteiger partial charge < -0.3 is 10.1 Å². The predicted molar refractivity (Wildman–Crippen MR) is 57.5 cm³/mol. The Kier molecular flexibility index (Phi) is 3.42. The maximum absolute atomic E-state index is 5.80. The van der Waals surface area contributed by atoms with Gasteiger partial charge in [0.1, 0.15) is 0 Å². The normalized spacial score (nSPS) is 36.4. The lowest BCUT2D eigenvalue weighted by Crippen LogP contribution is -2.58. The summed E-state index contributed by atoms with van der Waals surface area (Å²) < 4.78 is 5.80. The summed E-state index contributed by atoms with van der Waals surface area (Å²) in [4.78, 5) is 2.56. The van der Waals surface area contributed by atoms with Gasteiger partial charge in [-0.05, 0) is 19.8 Å². The van der Waals surface area contributed by atoms with Crippen LogP contribution in [0.25, 0.3) is 0 Å². The number of morpholine rings is 1. The average Bonchev–Trinajstić information content (AvgIpc) is 2.27. The van der Waals surface area contributed by atoms with Crippen LogP contribution in [-0.4, -0.2) is 49.3 Å². The van der Waals surface area contributed by atoms with Crippen molar-refractivity contribution in [3.05, 3.63) is 0 Å². The maximum atomic E-state index is 5.80. The first-order chi connectivity index (χ1) is 6.81. The molecule has 3 heteroatoms. The third-order valence-electron chi connectivity index (χ3n) is 3.65. The summed E-state index contributed by atoms with van der Waals surface area (Å²) >= 11 is 0. The molecule has 0 aromatic rings. The molecular weight excluding hydrogens is 176 g/mol. The molecule has 0 amide bonds. The third kappa shape index (κ3) is 2.10. The van der Waals surface area contributed by atoms with Crippen LogP contribution in [0.4, 0.5) is 0 Å². The van der Waals surface area contributed by atoms with E-state index < -0.39 is 0 Å². The Morgan fingerprint density at radius 1 is 1.57 bits per heavy atom. The molecule has 1 unspecified atom stereocenters. The summed E-state index contributed by atoms with van der Waals surface area (Å²) in [5.41, 5.74) is 0. The number of piperidine rings is 1. The zero-order chi connectivity index (χ0) is 9.97. The molecule has 3 nitrogen and oxygen atoms in total. The molecule has 3 atom stereocenters. The minimum Gasteiger partial charge on any atom is -0.374 e. The van der Waals surface area contributed by atoms with Gasteiger partial charge in [-0.2, -0.15) is 0 Å². The molecule has 0 spiro atoms. The quantitative estimate of drug-likeness (QED) is 0.712. The molecule has 82 valence electrons. The van der Waals surface area contributed by atoms with E-state index in [0.29, 0.717) is 18.2 Å². The molecule has 0 radical (unpaired) electrons. The number of hydrogen-bond acceptors (Lipinski definition) is 3. The molecule has 2 heterocycles. The summed E-state index contributed by atoms with van der Waals surface area (Å²) in [5.74, 6) is 0. The van der Waals surface area contributed by atoms with Gasteiger partial charge >= 0.3 is 0 Å². The van der Waals surface area contributed by atoms with E-state index in [1.165, 1.54) is 19.4 Å². The van der Waals surface area contributed by atoms with E-state index in [1.54, 1.807) is 0 Å². The van der Waals surface area contributed by atoms with Crippen LogP contribution < -0.4 is 5.32 Å². The van der Waals surface area contributed by atoms with Crippen molar-refractivity contribution in [2.75, 3.05) is 26.2 Å². The summed E-state index contributed by atoms with van der Waals surface area (Å²) in [6.07, 6.45) is 2.92. The van der Waals surface area contributed by atoms with Crippen LogP contribution in [0.5, 0.6) is 0 Å². The van der Waals surface area contributed by atoms with Gasteiger partial charge in [0.05, 0.1) is 12.7 Å². The lowest BCUT2D eigenvalue weighted by atomic mass is 9.98. The van der Waals surface area contributed by atoms with Gasteiger partial charge in [-0.15, -0.1) is 0 Å². The fraction of sp³-hybridized carbons (Fsp3) is 1.00. The highest BCUT2D eigenvalue weighted by Gasteiger charge is 2.32. The molecule has 2 aliphatic rings. The molecule has 2 fully saturated rings. The van der Waals surface area contributed by atoms with E-state index in [9.17, 15) is 0 Å². The van der Waals surface area contributed by atoms with E-state index >= 15 is 0 Å². The first-order valence-electron chi connectivity index (χ1n) is 5.90. The second kappa shape index (κ2) is 4.60. The average molecular weight is 198 g/mol. The summed E-state index contributed by atoms with van der Waals surface area (Å²) in [5, 5.41) is 3.55. The highest BCUT2D eigenvalue weighted by Crippen LogP contribution is 2.19. The van der Waals surface area contributed by atoms with E-state index in [2.05, 4.69) is 24.1 Å². The maximum Gasteiger partial charge on any atom is 0.0855 e. The molecule has 1 N–H and O–H groups in total. The van der Waals surface area contributed by atoms with Crippen LogP contribution in [0.2, 0.25) is 0 Å². The van der Waals surface area contributed by atoms with E-state index in [-0.39, 0.29) is 0 Å². The minimum atomic E-state index is 0.437. The molecule has 0 aliphatic carbocycles. The monoisotopic (exact) mass is 198 g/mol. The number of nitrogens with one attached hydrogen (secondary N) is 1. The minimum absolute atomic E-state index is 0.437. The van der Waals surface area contributed by atoms with Crippen LogP contribution in [0.3, 0.4) is 0 Å². The number of ether oxygens (including phenoxy) is 1. The van der Waals surface area contributed by atoms with Gasteiger partial charge in [-0.1, -0.05) is 6.92 Å². The van der Waals surface area contributed by atoms with Gasteiger partial charge in [-0.25, -0.2) is 0 Å². The lowest BCUT2D eigenvalue weighted by Gasteiger charge is -2.43. The highest BCUT2D eigenvalue weighted by molar-refractivity contribution is 4.89. The summed E-state index contributed by atoms with van der Waals surface area (Å²) in [6.45, 7) is 8.84. The topological polar surface area (TPSA) is 24.5 Å². The van der Waals surface area contributed by atoms with Crippen molar-refractivity contribution in [2.24, 2.45) is 0 Å². The number of nitrogens with zero attached hydrogens (tertiary/aromatic N) is 1. The smallest absolute Gasteiger partial charge is 0.0855 e. The van der Waals surface area contributed by atoms with Crippen molar-refractivity contribution in [3.8, 4) is 0 Å². The molecule has 0 aromatic heterocycles. The molecular formula is C11H22N2O. The van der Waals surface area contributed by atoms with Crippen molar-refractivity contribution in [2.45, 2.75) is 44.9 Å². The Hall–Kier alpha value is -0.120. The Morgan fingerprint density at radius 2 is 2.43 bits per heavy atom.